The Morgan fingerprint density at radius 2 is 2.16 bits per heavy atom. The Hall–Kier alpha value is -1.74. The number of piperidine rings is 1. The van der Waals surface area contributed by atoms with Gasteiger partial charge in [-0.15, -0.1) is 11.3 Å². The van der Waals surface area contributed by atoms with Gasteiger partial charge in [0.1, 0.15) is 0 Å². The number of thiophene rings is 1. The van der Waals surface area contributed by atoms with Crippen LogP contribution in [0.2, 0.25) is 0 Å². The number of hydrogen-bond acceptors (Lipinski definition) is 5. The molecule has 1 aliphatic heterocycles. The van der Waals surface area contributed by atoms with E-state index in [9.17, 15) is 13.2 Å². The molecule has 0 unspecified atom stereocenters. The van der Waals surface area contributed by atoms with Gasteiger partial charge in [0.05, 0.1) is 4.90 Å². The van der Waals surface area contributed by atoms with E-state index >= 15 is 0 Å². The first kappa shape index (κ1) is 18.1. The molecule has 1 fully saturated rings. The zero-order chi connectivity index (χ0) is 17.7. The van der Waals surface area contributed by atoms with Crippen LogP contribution >= 0.6 is 11.3 Å². The standard InChI is InChI=1S/C17H21N3O3S2/c21-17(20-14-5-2-8-18-11-14)13-4-1-7-16(10-13)25(22,23)19-12-15-6-3-9-24-15/h1,3-4,6-7,9-10,14,18-19H,2,5,8,11-12H2,(H,20,21)/t14-/m0/s1. The molecule has 0 spiro atoms. The van der Waals surface area contributed by atoms with Crippen molar-refractivity contribution in [2.24, 2.45) is 0 Å². The molecule has 1 aromatic heterocycles. The molecule has 1 aliphatic rings. The summed E-state index contributed by atoms with van der Waals surface area (Å²) in [6.07, 6.45) is 1.95. The number of amides is 1. The Morgan fingerprint density at radius 1 is 1.28 bits per heavy atom. The second-order valence-electron chi connectivity index (χ2n) is 5.95. The van der Waals surface area contributed by atoms with Crippen LogP contribution in [0.15, 0.2) is 46.7 Å². The maximum absolute atomic E-state index is 12.4. The molecule has 2 heterocycles. The van der Waals surface area contributed by atoms with Crippen molar-refractivity contribution in [3.8, 4) is 0 Å². The van der Waals surface area contributed by atoms with Gasteiger partial charge < -0.3 is 10.6 Å². The minimum Gasteiger partial charge on any atom is -0.348 e. The van der Waals surface area contributed by atoms with Crippen molar-refractivity contribution in [3.63, 3.8) is 0 Å². The monoisotopic (exact) mass is 379 g/mol. The third kappa shape index (κ3) is 4.88. The van der Waals surface area contributed by atoms with Gasteiger partial charge in [-0.1, -0.05) is 12.1 Å². The van der Waals surface area contributed by atoms with E-state index in [1.165, 1.54) is 23.5 Å². The van der Waals surface area contributed by atoms with Crippen LogP contribution in [0.3, 0.4) is 0 Å². The van der Waals surface area contributed by atoms with Crippen LogP contribution in [0.5, 0.6) is 0 Å². The molecule has 1 amide bonds. The van der Waals surface area contributed by atoms with Crippen LogP contribution in [-0.2, 0) is 16.6 Å². The van der Waals surface area contributed by atoms with Crippen molar-refractivity contribution >= 4 is 27.3 Å². The maximum atomic E-state index is 12.4. The van der Waals surface area contributed by atoms with E-state index in [1.807, 2.05) is 17.5 Å². The number of hydrogen-bond donors (Lipinski definition) is 3. The SMILES string of the molecule is O=C(N[C@H]1CCCNC1)c1cccc(S(=O)(=O)NCc2cccs2)c1. The molecular formula is C17H21N3O3S2. The molecule has 3 N–H and O–H groups in total. The summed E-state index contributed by atoms with van der Waals surface area (Å²) < 4.78 is 27.5. The van der Waals surface area contributed by atoms with E-state index in [0.717, 1.165) is 30.8 Å². The molecule has 0 saturated carbocycles. The highest BCUT2D eigenvalue weighted by molar-refractivity contribution is 7.89. The highest BCUT2D eigenvalue weighted by atomic mass is 32.2. The average molecular weight is 380 g/mol. The van der Waals surface area contributed by atoms with Crippen LogP contribution in [0.1, 0.15) is 28.1 Å². The number of benzene rings is 1. The minimum atomic E-state index is -3.66. The molecule has 1 saturated heterocycles. The first-order valence-corrected chi connectivity index (χ1v) is 10.5. The lowest BCUT2D eigenvalue weighted by atomic mass is 10.1. The number of carbonyl (C=O) groups excluding carboxylic acids is 1. The van der Waals surface area contributed by atoms with E-state index in [1.54, 1.807) is 12.1 Å². The fourth-order valence-corrected chi connectivity index (χ4v) is 4.50. The van der Waals surface area contributed by atoms with E-state index in [4.69, 9.17) is 0 Å². The Bertz CT molecular complexity index is 813. The number of nitrogens with one attached hydrogen (secondary N) is 3. The summed E-state index contributed by atoms with van der Waals surface area (Å²) in [4.78, 5) is 13.4. The minimum absolute atomic E-state index is 0.0819. The summed E-state index contributed by atoms with van der Waals surface area (Å²) >= 11 is 1.49. The van der Waals surface area contributed by atoms with Gasteiger partial charge in [0.2, 0.25) is 10.0 Å². The highest BCUT2D eigenvalue weighted by Crippen LogP contribution is 2.14. The van der Waals surface area contributed by atoms with Crippen LogP contribution in [0, 0.1) is 0 Å². The van der Waals surface area contributed by atoms with Gasteiger partial charge in [-0.05, 0) is 49.0 Å². The van der Waals surface area contributed by atoms with E-state index in [-0.39, 0.29) is 23.4 Å². The third-order valence-corrected chi connectivity index (χ3v) is 6.33. The first-order chi connectivity index (χ1) is 12.0. The Labute approximate surface area is 151 Å². The molecule has 2 aromatic rings. The first-order valence-electron chi connectivity index (χ1n) is 8.18. The van der Waals surface area contributed by atoms with Crippen molar-refractivity contribution in [3.05, 3.63) is 52.2 Å². The van der Waals surface area contributed by atoms with Gasteiger partial charge in [0.15, 0.2) is 0 Å². The van der Waals surface area contributed by atoms with E-state index < -0.39 is 10.0 Å². The number of rotatable bonds is 6. The predicted octanol–water partition coefficient (Wildman–Crippen LogP) is 1.71. The fourth-order valence-electron chi connectivity index (χ4n) is 2.71. The van der Waals surface area contributed by atoms with Gasteiger partial charge in [-0.3, -0.25) is 4.79 Å². The summed E-state index contributed by atoms with van der Waals surface area (Å²) in [5.74, 6) is -0.246. The summed E-state index contributed by atoms with van der Waals surface area (Å²) in [6.45, 7) is 1.95. The van der Waals surface area contributed by atoms with Crippen molar-refractivity contribution in [1.82, 2.24) is 15.4 Å². The number of carbonyl (C=O) groups is 1. The molecule has 25 heavy (non-hydrogen) atoms. The number of sulfonamides is 1. The molecule has 0 bridgehead atoms. The van der Waals surface area contributed by atoms with Gasteiger partial charge in [-0.2, -0.15) is 0 Å². The summed E-state index contributed by atoms with van der Waals surface area (Å²) in [7, 11) is -3.66. The summed E-state index contributed by atoms with van der Waals surface area (Å²) in [5.41, 5.74) is 0.351. The second kappa shape index (κ2) is 8.09. The van der Waals surface area contributed by atoms with E-state index in [0.29, 0.717) is 5.56 Å². The topological polar surface area (TPSA) is 87.3 Å². The lowest BCUT2D eigenvalue weighted by Gasteiger charge is -2.23. The molecule has 6 nitrogen and oxygen atoms in total. The Morgan fingerprint density at radius 3 is 2.88 bits per heavy atom. The van der Waals surface area contributed by atoms with Crippen LogP contribution in [-0.4, -0.2) is 33.5 Å². The summed E-state index contributed by atoms with van der Waals surface area (Å²) in [6, 6.07) is 9.96. The van der Waals surface area contributed by atoms with Crippen LogP contribution in [0.25, 0.3) is 0 Å². The molecule has 134 valence electrons. The highest BCUT2D eigenvalue weighted by Gasteiger charge is 2.19. The van der Waals surface area contributed by atoms with Crippen molar-refractivity contribution in [2.75, 3.05) is 13.1 Å². The third-order valence-electron chi connectivity index (χ3n) is 4.06. The van der Waals surface area contributed by atoms with Gasteiger partial charge in [0.25, 0.3) is 5.91 Å². The van der Waals surface area contributed by atoms with Crippen LogP contribution < -0.4 is 15.4 Å². The maximum Gasteiger partial charge on any atom is 0.251 e. The normalized spacial score (nSPS) is 18.0. The van der Waals surface area contributed by atoms with Crippen molar-refractivity contribution < 1.29 is 13.2 Å². The van der Waals surface area contributed by atoms with Gasteiger partial charge in [-0.25, -0.2) is 13.1 Å². The Balaban J connectivity index is 1.68. The molecule has 0 radical (unpaired) electrons. The molecular weight excluding hydrogens is 358 g/mol. The zero-order valence-corrected chi connectivity index (χ0v) is 15.3. The van der Waals surface area contributed by atoms with Crippen molar-refractivity contribution in [1.29, 1.82) is 0 Å². The molecule has 1 aromatic carbocycles. The second-order valence-corrected chi connectivity index (χ2v) is 8.75. The fraction of sp³-hybridized carbons (Fsp3) is 0.353. The van der Waals surface area contributed by atoms with E-state index in [2.05, 4.69) is 15.4 Å². The van der Waals surface area contributed by atoms with Gasteiger partial charge >= 0.3 is 0 Å². The van der Waals surface area contributed by atoms with Crippen LogP contribution in [0.4, 0.5) is 0 Å². The average Bonchev–Trinajstić information content (AvgIpc) is 3.15. The molecule has 8 heteroatoms. The molecule has 1 atom stereocenters. The lowest BCUT2D eigenvalue weighted by Crippen LogP contribution is -2.45. The smallest absolute Gasteiger partial charge is 0.251 e. The Kier molecular flexibility index (Phi) is 5.85. The summed E-state index contributed by atoms with van der Waals surface area (Å²) in [5, 5.41) is 8.09. The van der Waals surface area contributed by atoms with Crippen molar-refractivity contribution in [2.45, 2.75) is 30.3 Å². The predicted molar refractivity (Wildman–Crippen MR) is 98.1 cm³/mol. The zero-order valence-electron chi connectivity index (χ0n) is 13.7. The molecule has 3 rings (SSSR count). The molecule has 0 aliphatic carbocycles. The van der Waals surface area contributed by atoms with Gasteiger partial charge in [0, 0.05) is 29.6 Å². The quantitative estimate of drug-likeness (QED) is 0.713. The lowest BCUT2D eigenvalue weighted by molar-refractivity contribution is 0.0930. The largest absolute Gasteiger partial charge is 0.348 e.